The highest BCUT2D eigenvalue weighted by Gasteiger charge is 2.22. The van der Waals surface area contributed by atoms with Crippen molar-refractivity contribution in [3.05, 3.63) is 71.1 Å². The SMILES string of the molecule is Cc1cccc(C)c1OCc1nnc(SCC(=O)N(Cc2ccco2)C2=CCCCC2)n1N. The Balaban J connectivity index is 1.39. The lowest BCUT2D eigenvalue weighted by molar-refractivity contribution is -0.127. The number of carbonyl (C=O) groups excluding carboxylic acids is 1. The number of carbonyl (C=O) groups is 1. The van der Waals surface area contributed by atoms with Crippen molar-refractivity contribution in [3.8, 4) is 5.75 Å². The smallest absolute Gasteiger partial charge is 0.237 e. The highest BCUT2D eigenvalue weighted by molar-refractivity contribution is 7.99. The summed E-state index contributed by atoms with van der Waals surface area (Å²) in [6.45, 7) is 4.61. The molecule has 2 N–H and O–H groups in total. The van der Waals surface area contributed by atoms with E-state index in [1.165, 1.54) is 16.4 Å². The highest BCUT2D eigenvalue weighted by atomic mass is 32.2. The number of thioether (sulfide) groups is 1. The lowest BCUT2D eigenvalue weighted by Crippen LogP contribution is -2.32. The van der Waals surface area contributed by atoms with Crippen molar-refractivity contribution in [2.24, 2.45) is 0 Å². The van der Waals surface area contributed by atoms with Crippen molar-refractivity contribution in [3.63, 3.8) is 0 Å². The largest absolute Gasteiger partial charge is 0.485 e. The van der Waals surface area contributed by atoms with Crippen molar-refractivity contribution >= 4 is 17.7 Å². The molecule has 0 aliphatic heterocycles. The number of nitrogens with zero attached hydrogens (tertiary/aromatic N) is 4. The normalized spacial score (nSPS) is 13.6. The van der Waals surface area contributed by atoms with Crippen LogP contribution in [0.5, 0.6) is 5.75 Å². The molecule has 0 bridgehead atoms. The first-order valence-corrected chi connectivity index (χ1v) is 12.0. The van der Waals surface area contributed by atoms with E-state index in [1.54, 1.807) is 6.26 Å². The van der Waals surface area contributed by atoms with E-state index in [0.717, 1.165) is 54.0 Å². The molecular formula is C24H29N5O3S. The van der Waals surface area contributed by atoms with Gasteiger partial charge in [0, 0.05) is 5.70 Å². The monoisotopic (exact) mass is 467 g/mol. The van der Waals surface area contributed by atoms with Crippen LogP contribution < -0.4 is 10.6 Å². The number of furan rings is 1. The van der Waals surface area contributed by atoms with Gasteiger partial charge in [0.2, 0.25) is 11.1 Å². The van der Waals surface area contributed by atoms with Crippen LogP contribution in [-0.2, 0) is 17.9 Å². The Kier molecular flexibility index (Phi) is 7.39. The minimum absolute atomic E-state index is 0.0131. The van der Waals surface area contributed by atoms with Gasteiger partial charge in [-0.25, -0.2) is 4.68 Å². The molecule has 1 amide bonds. The molecule has 9 heteroatoms. The molecule has 4 rings (SSSR count). The second-order valence-corrected chi connectivity index (χ2v) is 9.01. The topological polar surface area (TPSA) is 99.4 Å². The maximum atomic E-state index is 13.1. The van der Waals surface area contributed by atoms with Crippen molar-refractivity contribution in [1.29, 1.82) is 0 Å². The maximum absolute atomic E-state index is 13.1. The molecule has 0 fully saturated rings. The van der Waals surface area contributed by atoms with Crippen molar-refractivity contribution in [1.82, 2.24) is 19.8 Å². The first kappa shape index (κ1) is 23.0. The van der Waals surface area contributed by atoms with Crippen LogP contribution in [0.2, 0.25) is 0 Å². The van der Waals surface area contributed by atoms with Crippen LogP contribution in [0, 0.1) is 13.8 Å². The van der Waals surface area contributed by atoms with Gasteiger partial charge < -0.3 is 19.9 Å². The van der Waals surface area contributed by atoms with Gasteiger partial charge in [0.1, 0.15) is 18.1 Å². The van der Waals surface area contributed by atoms with Gasteiger partial charge in [-0.15, -0.1) is 10.2 Å². The van der Waals surface area contributed by atoms with E-state index in [1.807, 2.05) is 49.1 Å². The molecule has 0 atom stereocenters. The summed E-state index contributed by atoms with van der Waals surface area (Å²) in [5.74, 6) is 8.46. The summed E-state index contributed by atoms with van der Waals surface area (Å²) in [5, 5.41) is 8.79. The highest BCUT2D eigenvalue weighted by Crippen LogP contribution is 2.26. The second kappa shape index (κ2) is 10.6. The number of nitrogen functional groups attached to an aromatic ring is 1. The number of hydrogen-bond donors (Lipinski definition) is 1. The molecule has 0 unspecified atom stereocenters. The fraction of sp³-hybridized carbons (Fsp3) is 0.375. The van der Waals surface area contributed by atoms with Gasteiger partial charge in [-0.1, -0.05) is 36.0 Å². The zero-order chi connectivity index (χ0) is 23.2. The Bertz CT molecular complexity index is 1100. The summed E-state index contributed by atoms with van der Waals surface area (Å²) in [5.41, 5.74) is 3.15. The van der Waals surface area contributed by atoms with E-state index < -0.39 is 0 Å². The molecule has 0 saturated heterocycles. The number of rotatable bonds is 9. The zero-order valence-electron chi connectivity index (χ0n) is 19.0. The number of nitrogens with two attached hydrogens (primary N) is 1. The fourth-order valence-electron chi connectivity index (χ4n) is 3.85. The summed E-state index contributed by atoms with van der Waals surface area (Å²) in [6.07, 6.45) is 7.91. The quantitative estimate of drug-likeness (QED) is 0.369. The van der Waals surface area contributed by atoms with Gasteiger partial charge in [0.25, 0.3) is 0 Å². The van der Waals surface area contributed by atoms with E-state index in [2.05, 4.69) is 16.3 Å². The fourth-order valence-corrected chi connectivity index (χ4v) is 4.60. The van der Waals surface area contributed by atoms with Gasteiger partial charge in [-0.05, 0) is 62.8 Å². The Labute approximate surface area is 197 Å². The molecule has 0 saturated carbocycles. The number of hydrogen-bond acceptors (Lipinski definition) is 7. The average Bonchev–Trinajstić information content (AvgIpc) is 3.46. The molecule has 33 heavy (non-hydrogen) atoms. The minimum atomic E-state index is -0.0131. The third-order valence-electron chi connectivity index (χ3n) is 5.62. The van der Waals surface area contributed by atoms with Crippen LogP contribution >= 0.6 is 11.8 Å². The molecule has 3 aromatic rings. The summed E-state index contributed by atoms with van der Waals surface area (Å²) < 4.78 is 12.8. The van der Waals surface area contributed by atoms with E-state index in [4.69, 9.17) is 15.0 Å². The molecular weight excluding hydrogens is 438 g/mol. The zero-order valence-corrected chi connectivity index (χ0v) is 19.8. The minimum Gasteiger partial charge on any atom is -0.485 e. The van der Waals surface area contributed by atoms with Gasteiger partial charge >= 0.3 is 0 Å². The van der Waals surface area contributed by atoms with Crippen LogP contribution in [-0.4, -0.2) is 31.4 Å². The first-order valence-electron chi connectivity index (χ1n) is 11.1. The predicted molar refractivity (Wildman–Crippen MR) is 127 cm³/mol. The molecule has 1 aliphatic rings. The summed E-state index contributed by atoms with van der Waals surface area (Å²) in [7, 11) is 0. The van der Waals surface area contributed by atoms with E-state index in [0.29, 0.717) is 17.5 Å². The van der Waals surface area contributed by atoms with E-state index in [9.17, 15) is 4.79 Å². The molecule has 1 aromatic carbocycles. The van der Waals surface area contributed by atoms with Crippen LogP contribution in [0.15, 0.2) is 57.9 Å². The summed E-state index contributed by atoms with van der Waals surface area (Å²) >= 11 is 1.27. The van der Waals surface area contributed by atoms with Gasteiger partial charge in [0.15, 0.2) is 5.82 Å². The van der Waals surface area contributed by atoms with Gasteiger partial charge in [0.05, 0.1) is 18.6 Å². The molecule has 174 valence electrons. The van der Waals surface area contributed by atoms with Crippen molar-refractivity contribution < 1.29 is 13.9 Å². The molecule has 2 aromatic heterocycles. The number of ether oxygens (including phenoxy) is 1. The number of benzene rings is 1. The predicted octanol–water partition coefficient (Wildman–Crippen LogP) is 4.36. The molecule has 0 radical (unpaired) electrons. The third kappa shape index (κ3) is 5.60. The first-order chi connectivity index (χ1) is 16.0. The molecule has 0 spiro atoms. The molecule has 2 heterocycles. The Hall–Kier alpha value is -3.20. The summed E-state index contributed by atoms with van der Waals surface area (Å²) in [6, 6.07) is 9.71. The van der Waals surface area contributed by atoms with Crippen molar-refractivity contribution in [2.45, 2.75) is 57.8 Å². The second-order valence-electron chi connectivity index (χ2n) is 8.07. The maximum Gasteiger partial charge on any atom is 0.237 e. The Morgan fingerprint density at radius 2 is 2.03 bits per heavy atom. The van der Waals surface area contributed by atoms with E-state index >= 15 is 0 Å². The van der Waals surface area contributed by atoms with Gasteiger partial charge in [-0.3, -0.25) is 4.79 Å². The van der Waals surface area contributed by atoms with Crippen LogP contribution in [0.3, 0.4) is 0 Å². The average molecular weight is 468 g/mol. The van der Waals surface area contributed by atoms with Crippen molar-refractivity contribution in [2.75, 3.05) is 11.6 Å². The Morgan fingerprint density at radius 3 is 2.73 bits per heavy atom. The number of aryl methyl sites for hydroxylation is 2. The number of amides is 1. The third-order valence-corrected chi connectivity index (χ3v) is 6.55. The van der Waals surface area contributed by atoms with Crippen LogP contribution in [0.4, 0.5) is 0 Å². The lowest BCUT2D eigenvalue weighted by Gasteiger charge is -2.27. The number of allylic oxidation sites excluding steroid dienone is 2. The molecule has 1 aliphatic carbocycles. The van der Waals surface area contributed by atoms with E-state index in [-0.39, 0.29) is 18.3 Å². The number of aromatic nitrogens is 3. The Morgan fingerprint density at radius 1 is 1.21 bits per heavy atom. The van der Waals surface area contributed by atoms with Crippen LogP contribution in [0.1, 0.15) is 48.4 Å². The molecule has 8 nitrogen and oxygen atoms in total. The van der Waals surface area contributed by atoms with Crippen LogP contribution in [0.25, 0.3) is 0 Å². The standard InChI is InChI=1S/C24H29N5O3S/c1-17-8-6-9-18(2)23(17)32-15-21-26-27-24(29(21)25)33-16-22(30)28(14-20-12-7-13-31-20)19-10-4-3-5-11-19/h6-10,12-13H,3-5,11,14-16,25H2,1-2H3. The lowest BCUT2D eigenvalue weighted by atomic mass is 10.0. The number of para-hydroxylation sites is 1. The van der Waals surface area contributed by atoms with Gasteiger partial charge in [-0.2, -0.15) is 0 Å². The summed E-state index contributed by atoms with van der Waals surface area (Å²) in [4.78, 5) is 15.0.